The Bertz CT molecular complexity index is 524. The lowest BCUT2D eigenvalue weighted by Crippen LogP contribution is -2.25. The number of hydrogen-bond acceptors (Lipinski definition) is 3. The second-order valence-corrected chi connectivity index (χ2v) is 3.77. The zero-order valence-electron chi connectivity index (χ0n) is 8.43. The number of nitrogens with one attached hydrogen (secondary N) is 1. The highest BCUT2D eigenvalue weighted by atomic mass is 79.9. The second-order valence-electron chi connectivity index (χ2n) is 3.21. The van der Waals surface area contributed by atoms with Crippen LogP contribution in [-0.2, 0) is 5.33 Å². The van der Waals surface area contributed by atoms with Crippen LogP contribution in [0.4, 0.5) is 5.82 Å². The van der Waals surface area contributed by atoms with Gasteiger partial charge in [-0.25, -0.2) is 9.66 Å². The molecule has 0 aliphatic heterocycles. The molecular formula is C11H10BrN3O. The van der Waals surface area contributed by atoms with Gasteiger partial charge in [0.05, 0.1) is 0 Å². The van der Waals surface area contributed by atoms with Gasteiger partial charge in [-0.1, -0.05) is 28.1 Å². The normalized spacial score (nSPS) is 10.1. The first kappa shape index (κ1) is 10.9. The van der Waals surface area contributed by atoms with E-state index < -0.39 is 0 Å². The zero-order valence-corrected chi connectivity index (χ0v) is 10.0. The molecule has 0 fully saturated rings. The molecular weight excluding hydrogens is 270 g/mol. The van der Waals surface area contributed by atoms with Crippen molar-refractivity contribution in [3.63, 3.8) is 0 Å². The van der Waals surface area contributed by atoms with E-state index in [2.05, 4.69) is 26.3 Å². The molecule has 0 aromatic carbocycles. The topological polar surface area (TPSA) is 46.9 Å². The average molecular weight is 280 g/mol. The van der Waals surface area contributed by atoms with Crippen LogP contribution < -0.4 is 11.0 Å². The van der Waals surface area contributed by atoms with Crippen molar-refractivity contribution >= 4 is 21.7 Å². The van der Waals surface area contributed by atoms with Crippen LogP contribution in [-0.4, -0.2) is 9.66 Å². The maximum Gasteiger partial charge on any atom is 0.269 e. The smallest absolute Gasteiger partial charge is 0.269 e. The highest BCUT2D eigenvalue weighted by molar-refractivity contribution is 9.08. The van der Waals surface area contributed by atoms with E-state index in [4.69, 9.17) is 0 Å². The SMILES string of the molecule is O=c1ccc(CBr)cn1Nc1ccccn1. The number of hydrogen-bond donors (Lipinski definition) is 1. The van der Waals surface area contributed by atoms with Crippen LogP contribution in [0.3, 0.4) is 0 Å². The fraction of sp³-hybridized carbons (Fsp3) is 0.0909. The molecule has 0 amide bonds. The Morgan fingerprint density at radius 3 is 2.88 bits per heavy atom. The largest absolute Gasteiger partial charge is 0.275 e. The van der Waals surface area contributed by atoms with Gasteiger partial charge in [-0.3, -0.25) is 10.2 Å². The van der Waals surface area contributed by atoms with Crippen LogP contribution in [0, 0.1) is 0 Å². The molecule has 4 nitrogen and oxygen atoms in total. The third-order valence-electron chi connectivity index (χ3n) is 2.03. The number of pyridine rings is 2. The molecule has 0 saturated heterocycles. The summed E-state index contributed by atoms with van der Waals surface area (Å²) in [6, 6.07) is 8.78. The van der Waals surface area contributed by atoms with Gasteiger partial charge in [0.2, 0.25) is 0 Å². The van der Waals surface area contributed by atoms with Gasteiger partial charge in [0.25, 0.3) is 5.56 Å². The predicted molar refractivity (Wildman–Crippen MR) is 66.6 cm³/mol. The molecule has 2 aromatic heterocycles. The minimum Gasteiger partial charge on any atom is -0.275 e. The van der Waals surface area contributed by atoms with Crippen molar-refractivity contribution in [3.8, 4) is 0 Å². The Morgan fingerprint density at radius 1 is 1.31 bits per heavy atom. The molecule has 2 aromatic rings. The Morgan fingerprint density at radius 2 is 2.19 bits per heavy atom. The molecule has 0 unspecified atom stereocenters. The molecule has 0 atom stereocenters. The summed E-state index contributed by atoms with van der Waals surface area (Å²) in [7, 11) is 0. The fourth-order valence-corrected chi connectivity index (χ4v) is 1.58. The van der Waals surface area contributed by atoms with Crippen molar-refractivity contribution in [1.82, 2.24) is 9.66 Å². The maximum absolute atomic E-state index is 11.5. The Kier molecular flexibility index (Phi) is 3.36. The Hall–Kier alpha value is -1.62. The monoisotopic (exact) mass is 279 g/mol. The quantitative estimate of drug-likeness (QED) is 0.875. The first-order valence-electron chi connectivity index (χ1n) is 4.75. The summed E-state index contributed by atoms with van der Waals surface area (Å²) < 4.78 is 1.42. The number of rotatable bonds is 3. The minimum absolute atomic E-state index is 0.115. The first-order chi connectivity index (χ1) is 7.79. The summed E-state index contributed by atoms with van der Waals surface area (Å²) in [6.45, 7) is 0. The van der Waals surface area contributed by atoms with Gasteiger partial charge in [-0.05, 0) is 17.7 Å². The third kappa shape index (κ3) is 2.49. The van der Waals surface area contributed by atoms with Crippen LogP contribution in [0.2, 0.25) is 0 Å². The van der Waals surface area contributed by atoms with Gasteiger partial charge in [-0.2, -0.15) is 0 Å². The summed E-state index contributed by atoms with van der Waals surface area (Å²) in [4.78, 5) is 15.6. The summed E-state index contributed by atoms with van der Waals surface area (Å²) in [5.74, 6) is 0.635. The molecule has 2 heterocycles. The van der Waals surface area contributed by atoms with Crippen molar-refractivity contribution in [2.24, 2.45) is 0 Å². The summed E-state index contributed by atoms with van der Waals surface area (Å²) in [5, 5.41) is 0.706. The standard InChI is InChI=1S/C11H10BrN3O/c12-7-9-4-5-11(16)15(8-9)14-10-3-1-2-6-13-10/h1-6,8H,7H2,(H,13,14). The highest BCUT2D eigenvalue weighted by Crippen LogP contribution is 2.03. The van der Waals surface area contributed by atoms with Crippen molar-refractivity contribution in [3.05, 3.63) is 58.6 Å². The van der Waals surface area contributed by atoms with E-state index in [1.165, 1.54) is 10.7 Å². The summed E-state index contributed by atoms with van der Waals surface area (Å²) in [6.07, 6.45) is 3.41. The van der Waals surface area contributed by atoms with Crippen molar-refractivity contribution in [1.29, 1.82) is 0 Å². The predicted octanol–water partition coefficient (Wildman–Crippen LogP) is 2.01. The number of aromatic nitrogens is 2. The van der Waals surface area contributed by atoms with E-state index in [1.807, 2.05) is 12.1 Å². The van der Waals surface area contributed by atoms with Gasteiger partial charge < -0.3 is 0 Å². The van der Waals surface area contributed by atoms with E-state index in [9.17, 15) is 4.79 Å². The molecule has 82 valence electrons. The lowest BCUT2D eigenvalue weighted by Gasteiger charge is -2.08. The molecule has 16 heavy (non-hydrogen) atoms. The molecule has 0 aliphatic rings. The van der Waals surface area contributed by atoms with Crippen molar-refractivity contribution in [2.75, 3.05) is 5.43 Å². The molecule has 2 rings (SSSR count). The number of halogens is 1. The van der Waals surface area contributed by atoms with Gasteiger partial charge in [0.1, 0.15) is 5.82 Å². The second kappa shape index (κ2) is 4.94. The number of nitrogens with zero attached hydrogens (tertiary/aromatic N) is 2. The molecule has 0 saturated carbocycles. The van der Waals surface area contributed by atoms with Crippen molar-refractivity contribution in [2.45, 2.75) is 5.33 Å². The van der Waals surface area contributed by atoms with E-state index in [0.29, 0.717) is 11.1 Å². The lowest BCUT2D eigenvalue weighted by atomic mass is 10.3. The van der Waals surface area contributed by atoms with E-state index in [0.717, 1.165) is 5.56 Å². The molecule has 5 heteroatoms. The lowest BCUT2D eigenvalue weighted by molar-refractivity contribution is 0.878. The minimum atomic E-state index is -0.115. The van der Waals surface area contributed by atoms with Gasteiger partial charge in [-0.15, -0.1) is 0 Å². The molecule has 0 bridgehead atoms. The van der Waals surface area contributed by atoms with Crippen LogP contribution in [0.1, 0.15) is 5.56 Å². The van der Waals surface area contributed by atoms with Crippen LogP contribution in [0.5, 0.6) is 0 Å². The van der Waals surface area contributed by atoms with Crippen molar-refractivity contribution < 1.29 is 0 Å². The third-order valence-corrected chi connectivity index (χ3v) is 2.67. The van der Waals surface area contributed by atoms with Crippen LogP contribution >= 0.6 is 15.9 Å². The Balaban J connectivity index is 2.31. The fourth-order valence-electron chi connectivity index (χ4n) is 1.25. The molecule has 0 radical (unpaired) electrons. The molecule has 0 spiro atoms. The number of alkyl halides is 1. The number of anilines is 1. The molecule has 1 N–H and O–H groups in total. The van der Waals surface area contributed by atoms with Gasteiger partial charge >= 0.3 is 0 Å². The van der Waals surface area contributed by atoms with E-state index >= 15 is 0 Å². The van der Waals surface area contributed by atoms with E-state index in [-0.39, 0.29) is 5.56 Å². The first-order valence-corrected chi connectivity index (χ1v) is 5.87. The zero-order chi connectivity index (χ0) is 11.4. The van der Waals surface area contributed by atoms with Crippen LogP contribution in [0.25, 0.3) is 0 Å². The average Bonchev–Trinajstić information content (AvgIpc) is 2.33. The summed E-state index contributed by atoms with van der Waals surface area (Å²) in [5.41, 5.74) is 3.82. The Labute approximate surface area is 101 Å². The van der Waals surface area contributed by atoms with Crippen LogP contribution in [0.15, 0.2) is 47.5 Å². The van der Waals surface area contributed by atoms with Gasteiger partial charge in [0, 0.05) is 23.8 Å². The molecule has 0 aliphatic carbocycles. The summed E-state index contributed by atoms with van der Waals surface area (Å²) >= 11 is 3.34. The van der Waals surface area contributed by atoms with E-state index in [1.54, 1.807) is 24.5 Å². The van der Waals surface area contributed by atoms with Gasteiger partial charge in [0.15, 0.2) is 0 Å². The highest BCUT2D eigenvalue weighted by Gasteiger charge is 1.98. The maximum atomic E-state index is 11.5.